The van der Waals surface area contributed by atoms with Gasteiger partial charge >= 0.3 is 5.97 Å². The zero-order valence-electron chi connectivity index (χ0n) is 11.1. The molecule has 0 bridgehead atoms. The molecule has 0 aromatic rings. The van der Waals surface area contributed by atoms with Crippen molar-refractivity contribution in [2.45, 2.75) is 40.5 Å². The van der Waals surface area contributed by atoms with Gasteiger partial charge in [0.05, 0.1) is 12.3 Å². The van der Waals surface area contributed by atoms with E-state index in [4.69, 9.17) is 15.3 Å². The smallest absolute Gasteiger partial charge is 0.341 e. The van der Waals surface area contributed by atoms with Gasteiger partial charge in [0.1, 0.15) is 12.2 Å². The SMILES string of the molecule is CCCCO/N=C(C)/C(C(=O)OCC)=C(/C)N. The second-order valence-corrected chi connectivity index (χ2v) is 3.64. The fourth-order valence-electron chi connectivity index (χ4n) is 1.19. The van der Waals surface area contributed by atoms with E-state index in [-0.39, 0.29) is 5.57 Å². The second-order valence-electron chi connectivity index (χ2n) is 3.64. The maximum atomic E-state index is 11.6. The molecule has 0 fully saturated rings. The van der Waals surface area contributed by atoms with Crippen LogP contribution >= 0.6 is 0 Å². The van der Waals surface area contributed by atoms with E-state index in [9.17, 15) is 4.79 Å². The summed E-state index contributed by atoms with van der Waals surface area (Å²) in [6, 6.07) is 0. The molecule has 5 heteroatoms. The van der Waals surface area contributed by atoms with Gasteiger partial charge in [0.15, 0.2) is 0 Å². The fourth-order valence-corrected chi connectivity index (χ4v) is 1.19. The van der Waals surface area contributed by atoms with Crippen LogP contribution in [-0.2, 0) is 14.4 Å². The largest absolute Gasteiger partial charge is 0.462 e. The third-order valence-corrected chi connectivity index (χ3v) is 2.03. The third kappa shape index (κ3) is 5.94. The molecule has 0 atom stereocenters. The number of esters is 1. The second kappa shape index (κ2) is 8.61. The molecule has 0 radical (unpaired) electrons. The number of allylic oxidation sites excluding steroid dienone is 1. The van der Waals surface area contributed by atoms with Crippen LogP contribution in [0.2, 0.25) is 0 Å². The summed E-state index contributed by atoms with van der Waals surface area (Å²) in [6.07, 6.45) is 1.96. The summed E-state index contributed by atoms with van der Waals surface area (Å²) >= 11 is 0. The Kier molecular flexibility index (Phi) is 7.84. The molecule has 0 aromatic carbocycles. The van der Waals surface area contributed by atoms with Gasteiger partial charge < -0.3 is 15.3 Å². The summed E-state index contributed by atoms with van der Waals surface area (Å²) in [6.45, 7) is 7.96. The lowest BCUT2D eigenvalue weighted by Crippen LogP contribution is -2.18. The van der Waals surface area contributed by atoms with Crippen molar-refractivity contribution in [1.82, 2.24) is 0 Å². The molecule has 0 aliphatic carbocycles. The van der Waals surface area contributed by atoms with Gasteiger partial charge in [0, 0.05) is 5.70 Å². The molecule has 0 rings (SSSR count). The van der Waals surface area contributed by atoms with Crippen molar-refractivity contribution in [3.8, 4) is 0 Å². The van der Waals surface area contributed by atoms with Gasteiger partial charge in [-0.05, 0) is 27.2 Å². The maximum absolute atomic E-state index is 11.6. The molecule has 0 amide bonds. The van der Waals surface area contributed by atoms with Crippen LogP contribution in [0.3, 0.4) is 0 Å². The molecule has 17 heavy (non-hydrogen) atoms. The van der Waals surface area contributed by atoms with Crippen molar-refractivity contribution < 1.29 is 14.4 Å². The Hall–Kier alpha value is -1.52. The van der Waals surface area contributed by atoms with E-state index < -0.39 is 5.97 Å². The third-order valence-electron chi connectivity index (χ3n) is 2.03. The highest BCUT2D eigenvalue weighted by molar-refractivity contribution is 6.19. The van der Waals surface area contributed by atoms with Crippen LogP contribution in [0.4, 0.5) is 0 Å². The minimum atomic E-state index is -0.465. The highest BCUT2D eigenvalue weighted by atomic mass is 16.6. The number of unbranched alkanes of at least 4 members (excludes halogenated alkanes) is 1. The van der Waals surface area contributed by atoms with Gasteiger partial charge in [-0.3, -0.25) is 0 Å². The zero-order chi connectivity index (χ0) is 13.3. The van der Waals surface area contributed by atoms with E-state index in [2.05, 4.69) is 12.1 Å². The van der Waals surface area contributed by atoms with Crippen LogP contribution in [0.1, 0.15) is 40.5 Å². The highest BCUT2D eigenvalue weighted by Crippen LogP contribution is 2.06. The van der Waals surface area contributed by atoms with Crippen LogP contribution in [0.25, 0.3) is 0 Å². The number of oxime groups is 1. The molecular formula is C12H22N2O3. The minimum Gasteiger partial charge on any atom is -0.462 e. The number of nitrogens with two attached hydrogens (primary N) is 1. The predicted molar refractivity (Wildman–Crippen MR) is 67.5 cm³/mol. The van der Waals surface area contributed by atoms with E-state index in [1.54, 1.807) is 20.8 Å². The van der Waals surface area contributed by atoms with Crippen molar-refractivity contribution in [3.05, 3.63) is 11.3 Å². The standard InChI is InChI=1S/C12H22N2O3/c1-5-7-8-17-14-10(4)11(9(3)13)12(15)16-6-2/h5-8,13H2,1-4H3/b11-9+,14-10+. The molecular weight excluding hydrogens is 220 g/mol. The van der Waals surface area contributed by atoms with E-state index in [0.29, 0.717) is 24.6 Å². The first-order chi connectivity index (χ1) is 8.04. The van der Waals surface area contributed by atoms with Gasteiger partial charge in [-0.1, -0.05) is 18.5 Å². The van der Waals surface area contributed by atoms with E-state index >= 15 is 0 Å². The van der Waals surface area contributed by atoms with Gasteiger partial charge in [-0.25, -0.2) is 4.79 Å². The van der Waals surface area contributed by atoms with Crippen LogP contribution in [0.5, 0.6) is 0 Å². The maximum Gasteiger partial charge on any atom is 0.341 e. The molecule has 0 unspecified atom stereocenters. The molecule has 0 saturated heterocycles. The zero-order valence-corrected chi connectivity index (χ0v) is 11.1. The van der Waals surface area contributed by atoms with E-state index in [1.165, 1.54) is 0 Å². The summed E-state index contributed by atoms with van der Waals surface area (Å²) in [5.41, 5.74) is 6.74. The number of hydrogen-bond acceptors (Lipinski definition) is 5. The molecule has 0 aliphatic heterocycles. The first-order valence-electron chi connectivity index (χ1n) is 5.84. The summed E-state index contributed by atoms with van der Waals surface area (Å²) in [5.74, 6) is -0.465. The van der Waals surface area contributed by atoms with E-state index in [1.807, 2.05) is 0 Å². The first-order valence-corrected chi connectivity index (χ1v) is 5.84. The number of nitrogens with zero attached hydrogens (tertiary/aromatic N) is 1. The van der Waals surface area contributed by atoms with Gasteiger partial charge in [-0.15, -0.1) is 0 Å². The van der Waals surface area contributed by atoms with Gasteiger partial charge in [0.25, 0.3) is 0 Å². The number of carbonyl (C=O) groups is 1. The van der Waals surface area contributed by atoms with Crippen LogP contribution < -0.4 is 5.73 Å². The Bertz CT molecular complexity index is 305. The van der Waals surface area contributed by atoms with Crippen molar-refractivity contribution in [1.29, 1.82) is 0 Å². The Labute approximate surface area is 103 Å². The average Bonchev–Trinajstić information content (AvgIpc) is 2.24. The molecule has 0 aromatic heterocycles. The summed E-state index contributed by atoms with van der Waals surface area (Å²) in [7, 11) is 0. The van der Waals surface area contributed by atoms with Crippen molar-refractivity contribution in [2.75, 3.05) is 13.2 Å². The van der Waals surface area contributed by atoms with Crippen molar-refractivity contribution in [3.63, 3.8) is 0 Å². The lowest BCUT2D eigenvalue weighted by Gasteiger charge is -2.08. The monoisotopic (exact) mass is 242 g/mol. The summed E-state index contributed by atoms with van der Waals surface area (Å²) < 4.78 is 4.90. The van der Waals surface area contributed by atoms with Crippen molar-refractivity contribution >= 4 is 11.7 Å². The average molecular weight is 242 g/mol. The minimum absolute atomic E-state index is 0.281. The number of hydrogen-bond donors (Lipinski definition) is 1. The van der Waals surface area contributed by atoms with Crippen LogP contribution in [-0.4, -0.2) is 24.9 Å². The van der Waals surface area contributed by atoms with Gasteiger partial charge in [0.2, 0.25) is 0 Å². The lowest BCUT2D eigenvalue weighted by molar-refractivity contribution is -0.137. The highest BCUT2D eigenvalue weighted by Gasteiger charge is 2.16. The topological polar surface area (TPSA) is 73.9 Å². The molecule has 0 heterocycles. The summed E-state index contributed by atoms with van der Waals surface area (Å²) in [4.78, 5) is 16.7. The number of ether oxygens (including phenoxy) is 1. The molecule has 0 aliphatic rings. The predicted octanol–water partition coefficient (Wildman–Crippen LogP) is 1.97. The fraction of sp³-hybridized carbons (Fsp3) is 0.667. The molecule has 0 saturated carbocycles. The van der Waals surface area contributed by atoms with Crippen LogP contribution in [0.15, 0.2) is 16.4 Å². The summed E-state index contributed by atoms with van der Waals surface area (Å²) in [5, 5.41) is 3.86. The Morgan fingerprint density at radius 3 is 2.41 bits per heavy atom. The number of carbonyl (C=O) groups excluding carboxylic acids is 1. The van der Waals surface area contributed by atoms with Crippen LogP contribution in [0, 0.1) is 0 Å². The quantitative estimate of drug-likeness (QED) is 0.243. The molecule has 2 N–H and O–H groups in total. The normalized spacial score (nSPS) is 13.1. The molecule has 5 nitrogen and oxygen atoms in total. The van der Waals surface area contributed by atoms with Gasteiger partial charge in [-0.2, -0.15) is 0 Å². The van der Waals surface area contributed by atoms with Crippen molar-refractivity contribution in [2.24, 2.45) is 10.9 Å². The molecule has 98 valence electrons. The first kappa shape index (κ1) is 15.5. The molecule has 0 spiro atoms. The Morgan fingerprint density at radius 2 is 1.94 bits per heavy atom. The Balaban J connectivity index is 4.62. The lowest BCUT2D eigenvalue weighted by atomic mass is 10.1. The Morgan fingerprint density at radius 1 is 1.29 bits per heavy atom. The van der Waals surface area contributed by atoms with E-state index in [0.717, 1.165) is 12.8 Å². The number of rotatable bonds is 7.